The van der Waals surface area contributed by atoms with E-state index in [0.717, 1.165) is 15.6 Å². The van der Waals surface area contributed by atoms with Crippen LogP contribution in [0.5, 0.6) is 0 Å². The van der Waals surface area contributed by atoms with Gasteiger partial charge in [0.05, 0.1) is 0 Å². The Bertz CT molecular complexity index is 561. The zero-order chi connectivity index (χ0) is 13.9. The number of aliphatic carboxylic acids is 1. The lowest BCUT2D eigenvalue weighted by Crippen LogP contribution is -2.31. The average molecular weight is 292 g/mol. The third kappa shape index (κ3) is 3.06. The summed E-state index contributed by atoms with van der Waals surface area (Å²) >= 11 is 0.943. The first-order valence-electron chi connectivity index (χ1n) is 4.77. The van der Waals surface area contributed by atoms with Gasteiger partial charge in [-0.1, -0.05) is 0 Å². The molecule has 1 rings (SSSR count). The molecule has 100 valence electrons. The number of thiophene rings is 1. The van der Waals surface area contributed by atoms with Crippen molar-refractivity contribution in [3.05, 3.63) is 16.3 Å². The van der Waals surface area contributed by atoms with Crippen LogP contribution < -0.4 is 5.32 Å². The van der Waals surface area contributed by atoms with Gasteiger partial charge >= 0.3 is 5.97 Å². The van der Waals surface area contributed by atoms with Crippen molar-refractivity contribution < 1.29 is 23.1 Å². The quantitative estimate of drug-likeness (QED) is 0.783. The molecule has 1 aromatic rings. The third-order valence-corrected chi connectivity index (χ3v) is 4.89. The summed E-state index contributed by atoms with van der Waals surface area (Å²) in [6.45, 7) is -0.557. The van der Waals surface area contributed by atoms with Gasteiger partial charge < -0.3 is 10.4 Å². The minimum atomic E-state index is -3.71. The summed E-state index contributed by atoms with van der Waals surface area (Å²) in [5.41, 5.74) is 0. The lowest BCUT2D eigenvalue weighted by atomic mass is 10.4. The largest absolute Gasteiger partial charge is 0.480 e. The number of hydrogen-bond donors (Lipinski definition) is 2. The Morgan fingerprint density at radius 1 is 1.44 bits per heavy atom. The molecule has 18 heavy (non-hydrogen) atoms. The lowest BCUT2D eigenvalue weighted by Gasteiger charge is -2.11. The molecule has 0 fully saturated rings. The number of sulfonamides is 1. The van der Waals surface area contributed by atoms with Crippen LogP contribution in [0.3, 0.4) is 0 Å². The van der Waals surface area contributed by atoms with Crippen LogP contribution in [0.1, 0.15) is 9.67 Å². The molecule has 0 aliphatic carbocycles. The highest BCUT2D eigenvalue weighted by atomic mass is 32.2. The van der Waals surface area contributed by atoms with Gasteiger partial charge in [-0.25, -0.2) is 12.7 Å². The van der Waals surface area contributed by atoms with E-state index >= 15 is 0 Å². The van der Waals surface area contributed by atoms with Gasteiger partial charge in [-0.2, -0.15) is 0 Å². The van der Waals surface area contributed by atoms with Gasteiger partial charge in [-0.3, -0.25) is 9.59 Å². The van der Waals surface area contributed by atoms with Gasteiger partial charge in [-0.15, -0.1) is 11.3 Å². The van der Waals surface area contributed by atoms with Crippen molar-refractivity contribution in [1.82, 2.24) is 9.62 Å². The van der Waals surface area contributed by atoms with E-state index < -0.39 is 28.4 Å². The van der Waals surface area contributed by atoms with Crippen molar-refractivity contribution >= 4 is 33.2 Å². The monoisotopic (exact) mass is 292 g/mol. The van der Waals surface area contributed by atoms with Crippen molar-refractivity contribution in [3.8, 4) is 0 Å². The highest BCUT2D eigenvalue weighted by Gasteiger charge is 2.25. The van der Waals surface area contributed by atoms with Crippen molar-refractivity contribution in [2.24, 2.45) is 0 Å². The van der Waals surface area contributed by atoms with Crippen LogP contribution in [0, 0.1) is 0 Å². The van der Waals surface area contributed by atoms with Crippen LogP contribution in [-0.2, 0) is 14.8 Å². The SMILES string of the molecule is CN(C)S(=O)(=O)c1ccsc1C(=O)NCC(=O)O. The number of carboxylic acid groups (broad SMARTS) is 1. The van der Waals surface area contributed by atoms with Crippen LogP contribution in [0.25, 0.3) is 0 Å². The molecular formula is C9H12N2O5S2. The number of hydrogen-bond acceptors (Lipinski definition) is 5. The average Bonchev–Trinajstić information content (AvgIpc) is 2.74. The number of amides is 1. The van der Waals surface area contributed by atoms with Crippen molar-refractivity contribution in [2.75, 3.05) is 20.6 Å². The first kappa shape index (κ1) is 14.6. The molecule has 1 amide bonds. The van der Waals surface area contributed by atoms with Gasteiger partial charge in [0.1, 0.15) is 16.3 Å². The van der Waals surface area contributed by atoms with Crippen LogP contribution in [-0.4, -0.2) is 50.3 Å². The number of nitrogens with one attached hydrogen (secondary N) is 1. The summed E-state index contributed by atoms with van der Waals surface area (Å²) in [5, 5.41) is 12.0. The fraction of sp³-hybridized carbons (Fsp3) is 0.333. The molecule has 9 heteroatoms. The van der Waals surface area contributed by atoms with E-state index in [-0.39, 0.29) is 9.77 Å². The molecule has 1 aromatic heterocycles. The first-order chi connectivity index (χ1) is 8.26. The van der Waals surface area contributed by atoms with Gasteiger partial charge in [0.25, 0.3) is 5.91 Å². The van der Waals surface area contributed by atoms with Crippen molar-refractivity contribution in [1.29, 1.82) is 0 Å². The summed E-state index contributed by atoms with van der Waals surface area (Å²) in [6, 6.07) is 1.32. The number of carbonyl (C=O) groups excluding carboxylic acids is 1. The number of carbonyl (C=O) groups is 2. The fourth-order valence-corrected chi connectivity index (χ4v) is 3.31. The molecule has 7 nitrogen and oxygen atoms in total. The molecule has 0 aliphatic heterocycles. The maximum absolute atomic E-state index is 11.9. The summed E-state index contributed by atoms with van der Waals surface area (Å²) in [6.07, 6.45) is 0. The molecule has 0 atom stereocenters. The van der Waals surface area contributed by atoms with Crippen molar-refractivity contribution in [2.45, 2.75) is 4.90 Å². The van der Waals surface area contributed by atoms with Crippen molar-refractivity contribution in [3.63, 3.8) is 0 Å². The molecule has 0 unspecified atom stereocenters. The molecule has 0 radical (unpaired) electrons. The second-order valence-corrected chi connectivity index (χ2v) is 6.51. The fourth-order valence-electron chi connectivity index (χ4n) is 1.10. The second kappa shape index (κ2) is 5.46. The highest BCUT2D eigenvalue weighted by molar-refractivity contribution is 7.89. The Morgan fingerprint density at radius 2 is 2.06 bits per heavy atom. The third-order valence-electron chi connectivity index (χ3n) is 1.99. The molecule has 1 heterocycles. The first-order valence-corrected chi connectivity index (χ1v) is 7.08. The van der Waals surface area contributed by atoms with Gasteiger partial charge in [-0.05, 0) is 11.4 Å². The maximum atomic E-state index is 11.9. The van der Waals surface area contributed by atoms with E-state index in [1.165, 1.54) is 25.5 Å². The topological polar surface area (TPSA) is 104 Å². The minimum Gasteiger partial charge on any atom is -0.480 e. The Morgan fingerprint density at radius 3 is 2.56 bits per heavy atom. The Kier molecular flexibility index (Phi) is 4.43. The smallest absolute Gasteiger partial charge is 0.322 e. The molecule has 0 aromatic carbocycles. The summed E-state index contributed by atoms with van der Waals surface area (Å²) in [4.78, 5) is 21.8. The molecule has 0 spiro atoms. The Hall–Kier alpha value is -1.45. The van der Waals surface area contributed by atoms with Crippen LogP contribution in [0.2, 0.25) is 0 Å². The zero-order valence-corrected chi connectivity index (χ0v) is 11.3. The number of rotatable bonds is 5. The zero-order valence-electron chi connectivity index (χ0n) is 9.71. The van der Waals surface area contributed by atoms with E-state index in [1.54, 1.807) is 0 Å². The normalized spacial score (nSPS) is 11.5. The predicted molar refractivity (Wildman–Crippen MR) is 65.2 cm³/mol. The van der Waals surface area contributed by atoms with Gasteiger partial charge in [0.15, 0.2) is 0 Å². The van der Waals surface area contributed by atoms with Crippen LogP contribution in [0.15, 0.2) is 16.3 Å². The van der Waals surface area contributed by atoms with E-state index in [2.05, 4.69) is 5.32 Å². The van der Waals surface area contributed by atoms with E-state index in [4.69, 9.17) is 5.11 Å². The Labute approximate surface area is 108 Å². The molecule has 0 aliphatic rings. The van der Waals surface area contributed by atoms with Crippen LogP contribution >= 0.6 is 11.3 Å². The van der Waals surface area contributed by atoms with E-state index in [1.807, 2.05) is 0 Å². The molecular weight excluding hydrogens is 280 g/mol. The van der Waals surface area contributed by atoms with Gasteiger partial charge in [0, 0.05) is 14.1 Å². The molecule has 2 N–H and O–H groups in total. The Balaban J connectivity index is 3.03. The number of carboxylic acids is 1. The summed E-state index contributed by atoms with van der Waals surface area (Å²) < 4.78 is 24.8. The van der Waals surface area contributed by atoms with Gasteiger partial charge in [0.2, 0.25) is 10.0 Å². The minimum absolute atomic E-state index is 0.0232. The molecule has 0 saturated carbocycles. The predicted octanol–water partition coefficient (Wildman–Crippen LogP) is -0.187. The van der Waals surface area contributed by atoms with E-state index in [0.29, 0.717) is 0 Å². The van der Waals surface area contributed by atoms with Crippen LogP contribution in [0.4, 0.5) is 0 Å². The highest BCUT2D eigenvalue weighted by Crippen LogP contribution is 2.23. The maximum Gasteiger partial charge on any atom is 0.322 e. The summed E-state index contributed by atoms with van der Waals surface area (Å²) in [5.74, 6) is -1.91. The molecule has 0 bridgehead atoms. The standard InChI is InChI=1S/C9H12N2O5S2/c1-11(2)18(15,16)6-3-4-17-8(6)9(14)10-5-7(12)13/h3-4H,5H2,1-2H3,(H,10,14)(H,12,13). The lowest BCUT2D eigenvalue weighted by molar-refractivity contribution is -0.135. The summed E-state index contributed by atoms with van der Waals surface area (Å²) in [7, 11) is -1.01. The number of nitrogens with zero attached hydrogens (tertiary/aromatic N) is 1. The molecule has 0 saturated heterocycles. The van der Waals surface area contributed by atoms with E-state index in [9.17, 15) is 18.0 Å². The second-order valence-electron chi connectivity index (χ2n) is 3.48.